The van der Waals surface area contributed by atoms with Crippen LogP contribution in [0.2, 0.25) is 0 Å². The van der Waals surface area contributed by atoms with Crippen molar-refractivity contribution in [3.8, 4) is 17.1 Å². The summed E-state index contributed by atoms with van der Waals surface area (Å²) in [5.74, 6) is 1.84. The molecule has 1 heterocycles. The Balaban J connectivity index is 1.65. The molecule has 0 fully saturated rings. The van der Waals surface area contributed by atoms with E-state index in [1.807, 2.05) is 12.1 Å². The van der Waals surface area contributed by atoms with Crippen LogP contribution >= 0.6 is 0 Å². The second-order valence-corrected chi connectivity index (χ2v) is 8.34. The summed E-state index contributed by atoms with van der Waals surface area (Å²) in [6.07, 6.45) is 1.16. The number of benzene rings is 2. The molecule has 3 aromatic rings. The lowest BCUT2D eigenvalue weighted by Crippen LogP contribution is -1.98. The smallest absolute Gasteiger partial charge is 0.264 e. The first-order valence-electron chi connectivity index (χ1n) is 8.19. The van der Waals surface area contributed by atoms with Crippen LogP contribution in [0.15, 0.2) is 57.9 Å². The van der Waals surface area contributed by atoms with E-state index in [4.69, 9.17) is 9.26 Å². The molecule has 6 nitrogen and oxygen atoms in total. The lowest BCUT2D eigenvalue weighted by Gasteiger charge is -2.04. The number of nitrogens with zero attached hydrogens (tertiary/aromatic N) is 2. The Morgan fingerprint density at radius 2 is 1.69 bits per heavy atom. The molecule has 0 aliphatic carbocycles. The van der Waals surface area contributed by atoms with Gasteiger partial charge in [-0.05, 0) is 35.7 Å². The summed E-state index contributed by atoms with van der Waals surface area (Å²) >= 11 is 0. The molecule has 136 valence electrons. The summed E-state index contributed by atoms with van der Waals surface area (Å²) in [4.78, 5) is 4.57. The normalized spacial score (nSPS) is 11.7. The third-order valence-electron chi connectivity index (χ3n) is 3.92. The van der Waals surface area contributed by atoms with Gasteiger partial charge in [0.25, 0.3) is 5.89 Å². The molecular formula is C19H20N2O4S. The van der Waals surface area contributed by atoms with E-state index in [-0.39, 0.29) is 11.5 Å². The molecular weight excluding hydrogens is 352 g/mol. The fourth-order valence-corrected chi connectivity index (χ4v) is 3.01. The number of sulfone groups is 1. The number of rotatable bonds is 6. The topological polar surface area (TPSA) is 82.3 Å². The molecule has 0 spiro atoms. The van der Waals surface area contributed by atoms with Crippen molar-refractivity contribution >= 4 is 9.84 Å². The molecule has 0 saturated carbocycles. The van der Waals surface area contributed by atoms with E-state index < -0.39 is 9.84 Å². The van der Waals surface area contributed by atoms with E-state index in [1.165, 1.54) is 17.7 Å². The summed E-state index contributed by atoms with van der Waals surface area (Å²) in [6, 6.07) is 14.2. The van der Waals surface area contributed by atoms with E-state index in [0.29, 0.717) is 23.4 Å². The van der Waals surface area contributed by atoms with Crippen LogP contribution < -0.4 is 4.74 Å². The van der Waals surface area contributed by atoms with Gasteiger partial charge in [-0.15, -0.1) is 0 Å². The van der Waals surface area contributed by atoms with Crippen LogP contribution in [0.1, 0.15) is 31.2 Å². The molecule has 3 rings (SSSR count). The van der Waals surface area contributed by atoms with Gasteiger partial charge < -0.3 is 9.26 Å². The Kier molecular flexibility index (Phi) is 5.08. The molecule has 0 bridgehead atoms. The Labute approximate surface area is 152 Å². The molecule has 0 aliphatic rings. The third-order valence-corrected chi connectivity index (χ3v) is 5.05. The lowest BCUT2D eigenvalue weighted by molar-refractivity contribution is 0.243. The van der Waals surface area contributed by atoms with Crippen LogP contribution in [0.5, 0.6) is 5.75 Å². The van der Waals surface area contributed by atoms with E-state index >= 15 is 0 Å². The molecule has 1 aromatic heterocycles. The van der Waals surface area contributed by atoms with Gasteiger partial charge in [0.1, 0.15) is 5.75 Å². The van der Waals surface area contributed by atoms with Gasteiger partial charge in [-0.2, -0.15) is 4.98 Å². The van der Waals surface area contributed by atoms with Crippen molar-refractivity contribution in [3.05, 3.63) is 60.0 Å². The zero-order chi connectivity index (χ0) is 18.7. The highest BCUT2D eigenvalue weighted by molar-refractivity contribution is 7.90. The predicted molar refractivity (Wildman–Crippen MR) is 97.7 cm³/mol. The number of hydrogen-bond donors (Lipinski definition) is 0. The quantitative estimate of drug-likeness (QED) is 0.654. The van der Waals surface area contributed by atoms with E-state index in [2.05, 4.69) is 36.1 Å². The van der Waals surface area contributed by atoms with Crippen molar-refractivity contribution in [1.29, 1.82) is 0 Å². The van der Waals surface area contributed by atoms with Gasteiger partial charge in [0.2, 0.25) is 5.82 Å². The monoisotopic (exact) mass is 372 g/mol. The van der Waals surface area contributed by atoms with Gasteiger partial charge in [0.15, 0.2) is 16.4 Å². The molecule has 0 aliphatic heterocycles. The average Bonchev–Trinajstić information content (AvgIpc) is 3.08. The highest BCUT2D eigenvalue weighted by Gasteiger charge is 2.11. The maximum atomic E-state index is 11.4. The molecule has 0 atom stereocenters. The summed E-state index contributed by atoms with van der Waals surface area (Å²) < 4.78 is 33.7. The third kappa shape index (κ3) is 4.29. The SMILES string of the molecule is CC(C)c1ccc(-c2noc(COc3ccc(S(C)(=O)=O)cc3)n2)cc1. The maximum Gasteiger partial charge on any atom is 0.264 e. The minimum Gasteiger partial charge on any atom is -0.484 e. The number of ether oxygens (including phenoxy) is 1. The van der Waals surface area contributed by atoms with E-state index in [9.17, 15) is 8.42 Å². The highest BCUT2D eigenvalue weighted by atomic mass is 32.2. The van der Waals surface area contributed by atoms with E-state index in [0.717, 1.165) is 11.8 Å². The second kappa shape index (κ2) is 7.29. The van der Waals surface area contributed by atoms with Crippen LogP contribution in [-0.2, 0) is 16.4 Å². The van der Waals surface area contributed by atoms with Crippen LogP contribution in [0.25, 0.3) is 11.4 Å². The number of hydrogen-bond acceptors (Lipinski definition) is 6. The molecule has 26 heavy (non-hydrogen) atoms. The standard InChI is InChI=1S/C19H20N2O4S/c1-13(2)14-4-6-15(7-5-14)19-20-18(25-21-19)12-24-16-8-10-17(11-9-16)26(3,22)23/h4-11,13H,12H2,1-3H3. The van der Waals surface area contributed by atoms with E-state index in [1.54, 1.807) is 12.1 Å². The largest absolute Gasteiger partial charge is 0.484 e. The van der Waals surface area contributed by atoms with Crippen LogP contribution in [-0.4, -0.2) is 24.8 Å². The molecule has 0 amide bonds. The first kappa shape index (κ1) is 18.1. The fraction of sp³-hybridized carbons (Fsp3) is 0.263. The van der Waals surface area contributed by atoms with Crippen molar-refractivity contribution in [2.24, 2.45) is 0 Å². The minimum absolute atomic E-state index is 0.106. The van der Waals surface area contributed by atoms with Gasteiger partial charge in [0, 0.05) is 11.8 Å². The van der Waals surface area contributed by atoms with Gasteiger partial charge in [0.05, 0.1) is 4.90 Å². The summed E-state index contributed by atoms with van der Waals surface area (Å²) in [6.45, 7) is 4.39. The minimum atomic E-state index is -3.22. The van der Waals surface area contributed by atoms with Crippen molar-refractivity contribution in [3.63, 3.8) is 0 Å². The van der Waals surface area contributed by atoms with Gasteiger partial charge in [-0.1, -0.05) is 43.3 Å². The second-order valence-electron chi connectivity index (χ2n) is 6.32. The molecule has 2 aromatic carbocycles. The van der Waals surface area contributed by atoms with Gasteiger partial charge in [-0.25, -0.2) is 8.42 Å². The molecule has 7 heteroatoms. The van der Waals surface area contributed by atoms with Crippen LogP contribution in [0.4, 0.5) is 0 Å². The van der Waals surface area contributed by atoms with Crippen LogP contribution in [0, 0.1) is 0 Å². The zero-order valence-electron chi connectivity index (χ0n) is 14.8. The summed E-state index contributed by atoms with van der Waals surface area (Å²) in [5.41, 5.74) is 2.13. The number of aromatic nitrogens is 2. The molecule has 0 saturated heterocycles. The van der Waals surface area contributed by atoms with Crippen molar-refractivity contribution < 1.29 is 17.7 Å². The summed E-state index contributed by atoms with van der Waals surface area (Å²) in [5, 5.41) is 3.97. The zero-order valence-corrected chi connectivity index (χ0v) is 15.7. The summed E-state index contributed by atoms with van der Waals surface area (Å²) in [7, 11) is -3.22. The Bertz CT molecular complexity index is 975. The molecule has 0 radical (unpaired) electrons. The first-order valence-corrected chi connectivity index (χ1v) is 10.1. The maximum absolute atomic E-state index is 11.4. The Morgan fingerprint density at radius 1 is 1.04 bits per heavy atom. The highest BCUT2D eigenvalue weighted by Crippen LogP contribution is 2.21. The van der Waals surface area contributed by atoms with Gasteiger partial charge in [-0.3, -0.25) is 0 Å². The molecule has 0 unspecified atom stereocenters. The van der Waals surface area contributed by atoms with Gasteiger partial charge >= 0.3 is 0 Å². The van der Waals surface area contributed by atoms with Crippen molar-refractivity contribution in [2.75, 3.05) is 6.26 Å². The van der Waals surface area contributed by atoms with Crippen LogP contribution in [0.3, 0.4) is 0 Å². The lowest BCUT2D eigenvalue weighted by atomic mass is 10.0. The Morgan fingerprint density at radius 3 is 2.27 bits per heavy atom. The fourth-order valence-electron chi connectivity index (χ4n) is 2.38. The van der Waals surface area contributed by atoms with Crippen molar-refractivity contribution in [1.82, 2.24) is 10.1 Å². The Hall–Kier alpha value is -2.67. The predicted octanol–water partition coefficient (Wildman–Crippen LogP) is 3.84. The van der Waals surface area contributed by atoms with Crippen molar-refractivity contribution in [2.45, 2.75) is 31.3 Å². The first-order chi connectivity index (χ1) is 12.3. The average molecular weight is 372 g/mol. The molecule has 0 N–H and O–H groups in total.